The number of nitrogens with one attached hydrogen (secondary N) is 1. The maximum Gasteiger partial charge on any atom is 0.342 e. The molecule has 8 heteroatoms. The summed E-state index contributed by atoms with van der Waals surface area (Å²) in [5.74, 6) is -1.56. The van der Waals surface area contributed by atoms with Gasteiger partial charge in [-0.1, -0.05) is 12.1 Å². The van der Waals surface area contributed by atoms with Crippen molar-refractivity contribution >= 4 is 29.7 Å². The number of aryl methyl sites for hydroxylation is 1. The van der Waals surface area contributed by atoms with Crippen LogP contribution in [0.25, 0.3) is 6.08 Å². The van der Waals surface area contributed by atoms with Crippen LogP contribution in [0.2, 0.25) is 0 Å². The molecule has 3 N–H and O–H groups in total. The molecule has 0 aliphatic carbocycles. The van der Waals surface area contributed by atoms with Gasteiger partial charge in [-0.3, -0.25) is 14.9 Å². The highest BCUT2D eigenvalue weighted by Crippen LogP contribution is 2.27. The summed E-state index contributed by atoms with van der Waals surface area (Å²) < 4.78 is 15.6. The fourth-order valence-electron chi connectivity index (χ4n) is 2.48. The number of carbonyl (C=O) groups excluding carboxylic acids is 3. The van der Waals surface area contributed by atoms with Gasteiger partial charge in [-0.25, -0.2) is 4.79 Å². The second-order valence-corrected chi connectivity index (χ2v) is 5.65. The van der Waals surface area contributed by atoms with Gasteiger partial charge in [0.05, 0.1) is 13.2 Å². The Balaban J connectivity index is 2.18. The van der Waals surface area contributed by atoms with Crippen LogP contribution in [0.1, 0.15) is 45.9 Å². The van der Waals surface area contributed by atoms with Crippen molar-refractivity contribution in [3.8, 4) is 5.75 Å². The van der Waals surface area contributed by atoms with E-state index in [0.29, 0.717) is 6.61 Å². The van der Waals surface area contributed by atoms with Crippen molar-refractivity contribution in [2.75, 3.05) is 18.5 Å². The van der Waals surface area contributed by atoms with E-state index in [1.54, 1.807) is 37.3 Å². The molecule has 0 atom stereocenters. The smallest absolute Gasteiger partial charge is 0.342 e. The molecule has 2 rings (SSSR count). The number of rotatable bonds is 8. The highest BCUT2D eigenvalue weighted by Gasteiger charge is 2.28. The highest BCUT2D eigenvalue weighted by atomic mass is 16.5. The zero-order chi connectivity index (χ0) is 20.7. The molecule has 148 valence electrons. The van der Waals surface area contributed by atoms with Crippen LogP contribution in [0, 0.1) is 6.92 Å². The van der Waals surface area contributed by atoms with Crippen LogP contribution in [0.4, 0.5) is 5.88 Å². The molecule has 0 unspecified atom stereocenters. The molecular weight excluding hydrogens is 364 g/mol. The molecule has 2 amide bonds. The first-order valence-electron chi connectivity index (χ1n) is 8.69. The van der Waals surface area contributed by atoms with Gasteiger partial charge in [-0.15, -0.1) is 0 Å². The summed E-state index contributed by atoms with van der Waals surface area (Å²) in [5, 5.41) is 2.43. The number of hydrogen-bond donors (Lipinski definition) is 2. The lowest BCUT2D eigenvalue weighted by Gasteiger charge is -2.03. The Morgan fingerprint density at radius 3 is 2.36 bits per heavy atom. The van der Waals surface area contributed by atoms with Crippen LogP contribution >= 0.6 is 0 Å². The van der Waals surface area contributed by atoms with Gasteiger partial charge in [-0.05, 0) is 44.5 Å². The van der Waals surface area contributed by atoms with Gasteiger partial charge in [0.15, 0.2) is 0 Å². The van der Waals surface area contributed by atoms with E-state index in [2.05, 4.69) is 5.32 Å². The van der Waals surface area contributed by atoms with E-state index < -0.39 is 17.8 Å². The van der Waals surface area contributed by atoms with Crippen LogP contribution in [-0.2, 0) is 9.53 Å². The van der Waals surface area contributed by atoms with Crippen molar-refractivity contribution in [3.63, 3.8) is 0 Å². The van der Waals surface area contributed by atoms with Crippen LogP contribution in [0.3, 0.4) is 0 Å². The number of anilines is 1. The predicted octanol–water partition coefficient (Wildman–Crippen LogP) is 2.91. The number of ether oxygens (including phenoxy) is 2. The third kappa shape index (κ3) is 5.00. The number of esters is 1. The molecule has 0 bridgehead atoms. The van der Waals surface area contributed by atoms with Crippen molar-refractivity contribution < 1.29 is 28.3 Å². The van der Waals surface area contributed by atoms with Gasteiger partial charge in [0.2, 0.25) is 5.88 Å². The van der Waals surface area contributed by atoms with Gasteiger partial charge in [0, 0.05) is 6.08 Å². The Morgan fingerprint density at radius 1 is 1.11 bits per heavy atom. The van der Waals surface area contributed by atoms with Gasteiger partial charge in [0.1, 0.15) is 22.6 Å². The van der Waals surface area contributed by atoms with E-state index in [4.69, 9.17) is 19.6 Å². The van der Waals surface area contributed by atoms with E-state index >= 15 is 0 Å². The van der Waals surface area contributed by atoms with Gasteiger partial charge in [0.25, 0.3) is 11.8 Å². The standard InChI is InChI=1S/C20H22N2O6/c1-4-26-14-9-6-13(7-10-14)8-11-15(23)22-19-17(18(21)24)16(12(3)28-19)20(25)27-5-2/h6-11H,4-5H2,1-3H3,(H2,21,24)(H,22,23)/b11-8+. The number of amides is 2. The number of primary amides is 1. The lowest BCUT2D eigenvalue weighted by Crippen LogP contribution is -2.19. The predicted molar refractivity (Wildman–Crippen MR) is 103 cm³/mol. The molecule has 0 aliphatic rings. The van der Waals surface area contributed by atoms with Crippen molar-refractivity contribution in [2.45, 2.75) is 20.8 Å². The summed E-state index contributed by atoms with van der Waals surface area (Å²) >= 11 is 0. The number of nitrogens with two attached hydrogens (primary N) is 1. The molecule has 1 aromatic carbocycles. The number of hydrogen-bond acceptors (Lipinski definition) is 6. The zero-order valence-corrected chi connectivity index (χ0v) is 15.9. The topological polar surface area (TPSA) is 121 Å². The summed E-state index contributed by atoms with van der Waals surface area (Å²) in [5.41, 5.74) is 5.81. The lowest BCUT2D eigenvalue weighted by molar-refractivity contribution is -0.111. The summed E-state index contributed by atoms with van der Waals surface area (Å²) in [6, 6.07) is 7.15. The molecule has 0 spiro atoms. The average molecular weight is 386 g/mol. The van der Waals surface area contributed by atoms with Crippen molar-refractivity contribution in [1.82, 2.24) is 0 Å². The molecular formula is C20H22N2O6. The normalized spacial score (nSPS) is 10.7. The Morgan fingerprint density at radius 2 is 1.79 bits per heavy atom. The van der Waals surface area contributed by atoms with Gasteiger partial charge >= 0.3 is 5.97 Å². The highest BCUT2D eigenvalue weighted by molar-refractivity contribution is 6.12. The van der Waals surface area contributed by atoms with Crippen molar-refractivity contribution in [3.05, 3.63) is 52.8 Å². The Hall–Kier alpha value is -3.55. The van der Waals surface area contributed by atoms with E-state index in [9.17, 15) is 14.4 Å². The molecule has 8 nitrogen and oxygen atoms in total. The van der Waals surface area contributed by atoms with Crippen molar-refractivity contribution in [2.24, 2.45) is 5.73 Å². The van der Waals surface area contributed by atoms with Crippen LogP contribution in [-0.4, -0.2) is 31.0 Å². The Bertz CT molecular complexity index is 896. The SMILES string of the molecule is CCOC(=O)c1c(C)oc(NC(=O)/C=C/c2ccc(OCC)cc2)c1C(N)=O. The molecule has 0 saturated carbocycles. The third-order valence-corrected chi connectivity index (χ3v) is 3.67. The summed E-state index contributed by atoms with van der Waals surface area (Å²) in [6.07, 6.45) is 2.85. The first-order valence-corrected chi connectivity index (χ1v) is 8.69. The minimum absolute atomic E-state index is 0.0971. The number of furan rings is 1. The largest absolute Gasteiger partial charge is 0.494 e. The minimum Gasteiger partial charge on any atom is -0.494 e. The quantitative estimate of drug-likeness (QED) is 0.531. The second kappa shape index (κ2) is 9.40. The Kier molecular flexibility index (Phi) is 6.97. The minimum atomic E-state index is -0.911. The Labute approximate surface area is 162 Å². The first-order chi connectivity index (χ1) is 13.4. The zero-order valence-electron chi connectivity index (χ0n) is 15.9. The molecule has 0 radical (unpaired) electrons. The third-order valence-electron chi connectivity index (χ3n) is 3.67. The summed E-state index contributed by atoms with van der Waals surface area (Å²) in [4.78, 5) is 36.0. The maximum atomic E-state index is 12.2. The second-order valence-electron chi connectivity index (χ2n) is 5.65. The molecule has 0 fully saturated rings. The fourth-order valence-corrected chi connectivity index (χ4v) is 2.48. The lowest BCUT2D eigenvalue weighted by atomic mass is 10.1. The molecule has 0 saturated heterocycles. The van der Waals surface area contributed by atoms with Crippen LogP contribution < -0.4 is 15.8 Å². The first kappa shape index (κ1) is 20.8. The van der Waals surface area contributed by atoms with E-state index in [-0.39, 0.29) is 29.4 Å². The molecule has 28 heavy (non-hydrogen) atoms. The molecule has 2 aromatic rings. The van der Waals surface area contributed by atoms with Crippen molar-refractivity contribution in [1.29, 1.82) is 0 Å². The monoisotopic (exact) mass is 386 g/mol. The van der Waals surface area contributed by atoms with Crippen LogP contribution in [0.5, 0.6) is 5.75 Å². The maximum absolute atomic E-state index is 12.2. The van der Waals surface area contributed by atoms with E-state index in [1.807, 2.05) is 6.92 Å². The number of benzene rings is 1. The number of carbonyl (C=O) groups is 3. The van der Waals surface area contributed by atoms with E-state index in [0.717, 1.165) is 11.3 Å². The van der Waals surface area contributed by atoms with Crippen LogP contribution in [0.15, 0.2) is 34.8 Å². The van der Waals surface area contributed by atoms with E-state index in [1.165, 1.54) is 13.0 Å². The average Bonchev–Trinajstić information content (AvgIpc) is 2.97. The molecule has 0 aliphatic heterocycles. The van der Waals surface area contributed by atoms with Gasteiger partial charge in [-0.2, -0.15) is 0 Å². The summed E-state index contributed by atoms with van der Waals surface area (Å²) in [7, 11) is 0. The summed E-state index contributed by atoms with van der Waals surface area (Å²) in [6.45, 7) is 5.68. The molecule has 1 aromatic heterocycles. The van der Waals surface area contributed by atoms with Gasteiger partial charge < -0.3 is 19.6 Å². The fraction of sp³-hybridized carbons (Fsp3) is 0.250. The molecule has 1 heterocycles.